The van der Waals surface area contributed by atoms with Gasteiger partial charge in [0.05, 0.1) is 11.2 Å². The van der Waals surface area contributed by atoms with Gasteiger partial charge in [-0.15, -0.1) is 0 Å². The van der Waals surface area contributed by atoms with E-state index in [4.69, 9.17) is 5.14 Å². The maximum absolute atomic E-state index is 13.5. The van der Waals surface area contributed by atoms with Crippen LogP contribution in [0.25, 0.3) is 0 Å². The average molecular weight is 362 g/mol. The van der Waals surface area contributed by atoms with Crippen LogP contribution in [0.15, 0.2) is 48.5 Å². The largest absolute Gasteiger partial charge is 0.325 e. The van der Waals surface area contributed by atoms with E-state index in [0.29, 0.717) is 29.7 Å². The summed E-state index contributed by atoms with van der Waals surface area (Å²) in [4.78, 5) is 12.8. The molecule has 0 aromatic heterocycles. The first-order valence-electron chi connectivity index (χ1n) is 7.95. The minimum absolute atomic E-state index is 0.177. The number of hydrogen-bond donors (Lipinski definition) is 2. The molecule has 1 saturated carbocycles. The molecule has 2 aromatic rings. The molecule has 0 heterocycles. The van der Waals surface area contributed by atoms with Gasteiger partial charge < -0.3 is 5.32 Å². The lowest BCUT2D eigenvalue weighted by Crippen LogP contribution is -2.46. The second-order valence-corrected chi connectivity index (χ2v) is 8.02. The van der Waals surface area contributed by atoms with Crippen LogP contribution < -0.4 is 10.5 Å². The number of halogens is 1. The maximum Gasteiger partial charge on any atom is 0.235 e. The Hall–Kier alpha value is -2.25. The van der Waals surface area contributed by atoms with Gasteiger partial charge in [-0.1, -0.05) is 30.7 Å². The number of nitrogens with one attached hydrogen (secondary N) is 1. The van der Waals surface area contributed by atoms with E-state index in [1.165, 1.54) is 12.1 Å². The van der Waals surface area contributed by atoms with Gasteiger partial charge in [0, 0.05) is 5.69 Å². The molecule has 1 aliphatic rings. The van der Waals surface area contributed by atoms with E-state index in [1.807, 2.05) is 0 Å². The molecule has 1 fully saturated rings. The molecular weight excluding hydrogens is 343 g/mol. The summed E-state index contributed by atoms with van der Waals surface area (Å²) >= 11 is 0. The second kappa shape index (κ2) is 6.57. The molecule has 3 N–H and O–H groups in total. The van der Waals surface area contributed by atoms with Crippen molar-refractivity contribution in [1.29, 1.82) is 0 Å². The summed E-state index contributed by atoms with van der Waals surface area (Å²) in [5.74, 6) is -0.790. The molecular formula is C18H19FN2O3S. The van der Waals surface area contributed by atoms with Gasteiger partial charge >= 0.3 is 0 Å². The van der Waals surface area contributed by atoms with E-state index in [0.717, 1.165) is 6.42 Å². The Morgan fingerprint density at radius 2 is 1.84 bits per heavy atom. The number of carbonyl (C=O) groups excluding carboxylic acids is 1. The number of primary sulfonamides is 1. The van der Waals surface area contributed by atoms with Crippen LogP contribution in [0.4, 0.5) is 10.1 Å². The zero-order valence-electron chi connectivity index (χ0n) is 13.5. The van der Waals surface area contributed by atoms with Crippen molar-refractivity contribution in [1.82, 2.24) is 0 Å². The molecule has 0 atom stereocenters. The van der Waals surface area contributed by atoms with Crippen LogP contribution in [0.5, 0.6) is 0 Å². The molecule has 0 bridgehead atoms. The number of carbonyl (C=O) groups is 1. The third-order valence-corrected chi connectivity index (χ3v) is 5.33. The molecule has 0 unspecified atom stereocenters. The second-order valence-electron chi connectivity index (χ2n) is 6.40. The number of rotatable bonds is 5. The number of anilines is 1. The van der Waals surface area contributed by atoms with Crippen LogP contribution in [0.2, 0.25) is 0 Å². The van der Waals surface area contributed by atoms with Gasteiger partial charge in [0.25, 0.3) is 0 Å². The van der Waals surface area contributed by atoms with Crippen molar-refractivity contribution < 1.29 is 17.6 Å². The molecule has 1 amide bonds. The van der Waals surface area contributed by atoms with E-state index >= 15 is 0 Å². The zero-order chi connectivity index (χ0) is 18.1. The SMILES string of the molecule is NS(=O)(=O)Cc1ccc(NC(=O)C2(c3cccc(F)c3)CCC2)cc1. The zero-order valence-corrected chi connectivity index (χ0v) is 14.4. The summed E-state index contributed by atoms with van der Waals surface area (Å²) < 4.78 is 35.7. The molecule has 3 rings (SSSR count). The summed E-state index contributed by atoms with van der Waals surface area (Å²) in [5, 5.41) is 7.87. The first-order chi connectivity index (χ1) is 11.8. The molecule has 7 heteroatoms. The summed E-state index contributed by atoms with van der Waals surface area (Å²) in [7, 11) is -3.59. The summed E-state index contributed by atoms with van der Waals surface area (Å²) in [5.41, 5.74) is 1.08. The van der Waals surface area contributed by atoms with E-state index in [2.05, 4.69) is 5.32 Å². The maximum atomic E-state index is 13.5. The first-order valence-corrected chi connectivity index (χ1v) is 9.67. The standard InChI is InChI=1S/C18H19FN2O3S/c19-15-4-1-3-14(11-15)18(9-2-10-18)17(22)21-16-7-5-13(6-8-16)12-25(20,23)24/h1,3-8,11H,2,9-10,12H2,(H,21,22)(H2,20,23,24). The lowest BCUT2D eigenvalue weighted by atomic mass is 9.63. The van der Waals surface area contributed by atoms with Crippen LogP contribution >= 0.6 is 0 Å². The van der Waals surface area contributed by atoms with Gasteiger partial charge in [-0.2, -0.15) is 0 Å². The van der Waals surface area contributed by atoms with Gasteiger partial charge in [-0.25, -0.2) is 17.9 Å². The Labute approximate surface area is 146 Å². The van der Waals surface area contributed by atoms with Gasteiger partial charge in [0.1, 0.15) is 5.82 Å². The average Bonchev–Trinajstić information content (AvgIpc) is 2.47. The number of nitrogens with two attached hydrogens (primary N) is 1. The molecule has 132 valence electrons. The highest BCUT2D eigenvalue weighted by Crippen LogP contribution is 2.44. The van der Waals surface area contributed by atoms with E-state index in [-0.39, 0.29) is 17.5 Å². The molecule has 0 saturated heterocycles. The summed E-state index contributed by atoms with van der Waals surface area (Å²) in [6.07, 6.45) is 2.26. The Morgan fingerprint density at radius 3 is 2.36 bits per heavy atom. The van der Waals surface area contributed by atoms with Crippen molar-refractivity contribution in [3.05, 3.63) is 65.5 Å². The van der Waals surface area contributed by atoms with E-state index < -0.39 is 15.4 Å². The van der Waals surface area contributed by atoms with Crippen LogP contribution in [-0.4, -0.2) is 14.3 Å². The third-order valence-electron chi connectivity index (χ3n) is 4.60. The molecule has 0 radical (unpaired) electrons. The highest BCUT2D eigenvalue weighted by molar-refractivity contribution is 7.88. The van der Waals surface area contributed by atoms with Gasteiger partial charge in [-0.05, 0) is 48.2 Å². The Bertz CT molecular complexity index is 891. The molecule has 5 nitrogen and oxygen atoms in total. The Kier molecular flexibility index (Phi) is 4.62. The fourth-order valence-electron chi connectivity index (χ4n) is 3.13. The van der Waals surface area contributed by atoms with Crippen LogP contribution in [0.1, 0.15) is 30.4 Å². The number of amides is 1. The predicted octanol–water partition coefficient (Wildman–Crippen LogP) is 2.67. The topological polar surface area (TPSA) is 89.3 Å². The molecule has 2 aromatic carbocycles. The van der Waals surface area contributed by atoms with Gasteiger partial charge in [0.2, 0.25) is 15.9 Å². The lowest BCUT2D eigenvalue weighted by Gasteiger charge is -2.40. The Balaban J connectivity index is 1.77. The highest BCUT2D eigenvalue weighted by Gasteiger charge is 2.45. The quantitative estimate of drug-likeness (QED) is 0.857. The Morgan fingerprint density at radius 1 is 1.16 bits per heavy atom. The van der Waals surface area contributed by atoms with E-state index in [9.17, 15) is 17.6 Å². The van der Waals surface area contributed by atoms with Crippen molar-refractivity contribution >= 4 is 21.6 Å². The highest BCUT2D eigenvalue weighted by atomic mass is 32.2. The van der Waals surface area contributed by atoms with Crippen molar-refractivity contribution in [2.24, 2.45) is 5.14 Å². The van der Waals surface area contributed by atoms with Crippen molar-refractivity contribution in [3.8, 4) is 0 Å². The smallest absolute Gasteiger partial charge is 0.235 e. The number of hydrogen-bond acceptors (Lipinski definition) is 3. The fraction of sp³-hybridized carbons (Fsp3) is 0.278. The minimum Gasteiger partial charge on any atom is -0.325 e. The van der Waals surface area contributed by atoms with Crippen molar-refractivity contribution in [2.75, 3.05) is 5.32 Å². The minimum atomic E-state index is -3.59. The van der Waals surface area contributed by atoms with Crippen LogP contribution in [0.3, 0.4) is 0 Å². The van der Waals surface area contributed by atoms with Gasteiger partial charge in [-0.3, -0.25) is 4.79 Å². The van der Waals surface area contributed by atoms with Crippen LogP contribution in [-0.2, 0) is 26.0 Å². The number of benzene rings is 2. The lowest BCUT2D eigenvalue weighted by molar-refractivity contribution is -0.124. The van der Waals surface area contributed by atoms with Crippen LogP contribution in [0, 0.1) is 5.82 Å². The summed E-state index contributed by atoms with van der Waals surface area (Å²) in [6, 6.07) is 12.6. The number of sulfonamides is 1. The first kappa shape index (κ1) is 17.6. The third kappa shape index (κ3) is 3.88. The molecule has 25 heavy (non-hydrogen) atoms. The molecule has 0 spiro atoms. The fourth-order valence-corrected chi connectivity index (χ4v) is 3.79. The summed E-state index contributed by atoms with van der Waals surface area (Å²) in [6.45, 7) is 0. The van der Waals surface area contributed by atoms with Crippen molar-refractivity contribution in [3.63, 3.8) is 0 Å². The normalized spacial score (nSPS) is 16.1. The molecule has 1 aliphatic carbocycles. The van der Waals surface area contributed by atoms with Gasteiger partial charge in [0.15, 0.2) is 0 Å². The monoisotopic (exact) mass is 362 g/mol. The predicted molar refractivity (Wildman–Crippen MR) is 93.8 cm³/mol. The van der Waals surface area contributed by atoms with E-state index in [1.54, 1.807) is 36.4 Å². The van der Waals surface area contributed by atoms with Crippen molar-refractivity contribution in [2.45, 2.75) is 30.4 Å². The molecule has 0 aliphatic heterocycles.